The number of carbonyl (C=O) groups excluding carboxylic acids is 2. The molecule has 34 heavy (non-hydrogen) atoms. The van der Waals surface area contributed by atoms with Crippen LogP contribution in [-0.4, -0.2) is 35.4 Å². The van der Waals surface area contributed by atoms with E-state index in [1.54, 1.807) is 18.2 Å². The van der Waals surface area contributed by atoms with Crippen LogP contribution in [0.2, 0.25) is 10.0 Å². The Hall–Kier alpha value is -2.76. The van der Waals surface area contributed by atoms with Crippen LogP contribution < -0.4 is 10.1 Å². The van der Waals surface area contributed by atoms with Gasteiger partial charge in [-0.15, -0.1) is 0 Å². The highest BCUT2D eigenvalue weighted by Crippen LogP contribution is 2.28. The van der Waals surface area contributed by atoms with Crippen LogP contribution in [0, 0.1) is 0 Å². The van der Waals surface area contributed by atoms with Crippen molar-refractivity contribution in [3.8, 4) is 5.75 Å². The molecule has 0 aromatic heterocycles. The molecule has 7 heteroatoms. The zero-order valence-electron chi connectivity index (χ0n) is 19.7. The average molecular weight is 501 g/mol. The summed E-state index contributed by atoms with van der Waals surface area (Å²) in [6.07, 6.45) is 1.22. The molecule has 0 aliphatic heterocycles. The molecule has 0 aliphatic rings. The second-order valence-corrected chi connectivity index (χ2v) is 9.04. The Balaban J connectivity index is 1.88. The number of fused-ring (bicyclic) bond motifs is 1. The average Bonchev–Trinajstić information content (AvgIpc) is 2.84. The van der Waals surface area contributed by atoms with Gasteiger partial charge in [-0.05, 0) is 43.4 Å². The minimum absolute atomic E-state index is 0.00524. The molecule has 5 nitrogen and oxygen atoms in total. The van der Waals surface area contributed by atoms with E-state index in [4.69, 9.17) is 27.9 Å². The van der Waals surface area contributed by atoms with Crippen molar-refractivity contribution < 1.29 is 14.3 Å². The van der Waals surface area contributed by atoms with Gasteiger partial charge in [0.15, 0.2) is 6.61 Å². The van der Waals surface area contributed by atoms with E-state index in [0.29, 0.717) is 27.8 Å². The van der Waals surface area contributed by atoms with E-state index in [0.717, 1.165) is 17.2 Å². The highest BCUT2D eigenvalue weighted by atomic mass is 35.5. The molecule has 3 rings (SSSR count). The summed E-state index contributed by atoms with van der Waals surface area (Å²) in [5.41, 5.74) is 0.596. The van der Waals surface area contributed by atoms with Crippen molar-refractivity contribution in [1.82, 2.24) is 10.2 Å². The van der Waals surface area contributed by atoms with Gasteiger partial charge in [0, 0.05) is 33.6 Å². The number of nitrogens with one attached hydrogen (secondary N) is 1. The molecule has 0 aliphatic carbocycles. The van der Waals surface area contributed by atoms with Gasteiger partial charge >= 0.3 is 0 Å². The second kappa shape index (κ2) is 12.1. The molecule has 0 heterocycles. The third kappa shape index (κ3) is 6.22. The summed E-state index contributed by atoms with van der Waals surface area (Å²) in [5.74, 6) is 0.0768. The smallest absolute Gasteiger partial charge is 0.261 e. The van der Waals surface area contributed by atoms with Crippen molar-refractivity contribution in [2.24, 2.45) is 0 Å². The Morgan fingerprint density at radius 1 is 0.941 bits per heavy atom. The van der Waals surface area contributed by atoms with Crippen LogP contribution in [0.15, 0.2) is 60.7 Å². The molecule has 0 saturated carbocycles. The van der Waals surface area contributed by atoms with E-state index >= 15 is 0 Å². The van der Waals surface area contributed by atoms with Crippen LogP contribution in [0.5, 0.6) is 5.75 Å². The number of hydrogen-bond acceptors (Lipinski definition) is 3. The first-order valence-electron chi connectivity index (χ1n) is 11.5. The topological polar surface area (TPSA) is 58.6 Å². The highest BCUT2D eigenvalue weighted by Gasteiger charge is 2.30. The molecular weight excluding hydrogens is 471 g/mol. The normalized spacial score (nSPS) is 12.7. The highest BCUT2D eigenvalue weighted by molar-refractivity contribution is 6.36. The van der Waals surface area contributed by atoms with E-state index in [-0.39, 0.29) is 31.0 Å². The van der Waals surface area contributed by atoms with E-state index in [2.05, 4.69) is 5.32 Å². The van der Waals surface area contributed by atoms with E-state index < -0.39 is 6.04 Å². The molecule has 0 bridgehead atoms. The van der Waals surface area contributed by atoms with Crippen LogP contribution in [0.3, 0.4) is 0 Å². The lowest BCUT2D eigenvalue weighted by Crippen LogP contribution is -2.51. The Labute approximate surface area is 211 Å². The second-order valence-electron chi connectivity index (χ2n) is 8.23. The summed E-state index contributed by atoms with van der Waals surface area (Å²) in [6, 6.07) is 18.0. The molecule has 2 atom stereocenters. The number of amides is 2. The van der Waals surface area contributed by atoms with Gasteiger partial charge in [0.25, 0.3) is 5.91 Å². The van der Waals surface area contributed by atoms with Crippen molar-refractivity contribution in [1.29, 1.82) is 0 Å². The number of benzene rings is 3. The monoisotopic (exact) mass is 500 g/mol. The maximum atomic E-state index is 13.5. The third-order valence-electron chi connectivity index (χ3n) is 5.88. The predicted molar refractivity (Wildman–Crippen MR) is 138 cm³/mol. The number of hydrogen-bond donors (Lipinski definition) is 1. The molecule has 2 amide bonds. The van der Waals surface area contributed by atoms with Gasteiger partial charge in [-0.25, -0.2) is 0 Å². The van der Waals surface area contributed by atoms with Crippen LogP contribution in [0.4, 0.5) is 0 Å². The zero-order valence-corrected chi connectivity index (χ0v) is 21.2. The SMILES string of the molecule is CC[C@@H](C)NC(=O)[C@H](CC)N(Cc1c(Cl)cccc1Cl)C(=O)COc1cccc2ccccc12. The first-order valence-corrected chi connectivity index (χ1v) is 12.2. The van der Waals surface area contributed by atoms with Crippen molar-refractivity contribution in [2.75, 3.05) is 6.61 Å². The lowest BCUT2D eigenvalue weighted by atomic mass is 10.1. The van der Waals surface area contributed by atoms with Crippen LogP contribution >= 0.6 is 23.2 Å². The fraction of sp³-hybridized carbons (Fsp3) is 0.333. The molecule has 3 aromatic carbocycles. The Morgan fingerprint density at radius 3 is 2.26 bits per heavy atom. The van der Waals surface area contributed by atoms with Crippen molar-refractivity contribution in [3.63, 3.8) is 0 Å². The van der Waals surface area contributed by atoms with Crippen molar-refractivity contribution in [2.45, 2.75) is 52.2 Å². The van der Waals surface area contributed by atoms with Gasteiger partial charge < -0.3 is 15.0 Å². The summed E-state index contributed by atoms with van der Waals surface area (Å²) in [4.78, 5) is 28.1. The molecule has 0 spiro atoms. The fourth-order valence-electron chi connectivity index (χ4n) is 3.76. The maximum absolute atomic E-state index is 13.5. The van der Waals surface area contributed by atoms with Gasteiger partial charge in [-0.1, -0.05) is 79.5 Å². The summed E-state index contributed by atoms with van der Waals surface area (Å²) < 4.78 is 5.95. The minimum Gasteiger partial charge on any atom is -0.483 e. The van der Waals surface area contributed by atoms with Crippen LogP contribution in [0.1, 0.15) is 39.2 Å². The van der Waals surface area contributed by atoms with Crippen molar-refractivity contribution in [3.05, 3.63) is 76.3 Å². The maximum Gasteiger partial charge on any atom is 0.261 e. The lowest BCUT2D eigenvalue weighted by molar-refractivity contribution is -0.143. The Kier molecular flexibility index (Phi) is 9.20. The fourth-order valence-corrected chi connectivity index (χ4v) is 4.28. The third-order valence-corrected chi connectivity index (χ3v) is 6.59. The number of halogens is 2. The molecular formula is C27H30Cl2N2O3. The number of carbonyl (C=O) groups is 2. The van der Waals surface area contributed by atoms with E-state index in [1.807, 2.05) is 63.2 Å². The van der Waals surface area contributed by atoms with Gasteiger partial charge in [0.1, 0.15) is 11.8 Å². The molecule has 0 unspecified atom stereocenters. The molecule has 3 aromatic rings. The van der Waals surface area contributed by atoms with E-state index in [9.17, 15) is 9.59 Å². The largest absolute Gasteiger partial charge is 0.483 e. The zero-order chi connectivity index (χ0) is 24.7. The van der Waals surface area contributed by atoms with Gasteiger partial charge in [-0.2, -0.15) is 0 Å². The van der Waals surface area contributed by atoms with E-state index in [1.165, 1.54) is 4.90 Å². The first-order chi connectivity index (χ1) is 16.3. The predicted octanol–water partition coefficient (Wildman–Crippen LogP) is 6.25. The van der Waals surface area contributed by atoms with Gasteiger partial charge in [-0.3, -0.25) is 9.59 Å². The van der Waals surface area contributed by atoms with Crippen LogP contribution in [0.25, 0.3) is 10.8 Å². The molecule has 180 valence electrons. The molecule has 0 saturated heterocycles. The Morgan fingerprint density at radius 2 is 1.59 bits per heavy atom. The molecule has 0 fully saturated rings. The number of ether oxygens (including phenoxy) is 1. The molecule has 0 radical (unpaired) electrons. The molecule has 1 N–H and O–H groups in total. The first kappa shape index (κ1) is 25.9. The van der Waals surface area contributed by atoms with Gasteiger partial charge in [0.2, 0.25) is 5.91 Å². The summed E-state index contributed by atoms with van der Waals surface area (Å²) in [6.45, 7) is 5.69. The lowest BCUT2D eigenvalue weighted by Gasteiger charge is -2.32. The van der Waals surface area contributed by atoms with Gasteiger partial charge in [0.05, 0.1) is 0 Å². The summed E-state index contributed by atoms with van der Waals surface area (Å²) >= 11 is 12.8. The van der Waals surface area contributed by atoms with Crippen LogP contribution in [-0.2, 0) is 16.1 Å². The minimum atomic E-state index is -0.690. The number of rotatable bonds is 10. The quantitative estimate of drug-likeness (QED) is 0.358. The number of nitrogens with zero attached hydrogens (tertiary/aromatic N) is 1. The summed E-state index contributed by atoms with van der Waals surface area (Å²) in [7, 11) is 0. The standard InChI is InChI=1S/C27H30Cl2N2O3/c1-4-18(3)30-27(33)24(5-2)31(16-21-22(28)13-9-14-23(21)29)26(32)17-34-25-15-8-11-19-10-6-7-12-20(19)25/h6-15,18,24H,4-5,16-17H2,1-3H3,(H,30,33)/t18-,24+/m1/s1. The Bertz CT molecular complexity index is 1130. The summed E-state index contributed by atoms with van der Waals surface area (Å²) in [5, 5.41) is 5.81. The van der Waals surface area contributed by atoms with Crippen molar-refractivity contribution >= 4 is 45.8 Å².